The standard InChI is InChI=1S/C17H23NO3/c1-14-6-8-15(9-7-14)10-11-17(21)18-12-4-2-3-5-16(20)13-19/h6-11,19H,2-5,12-13H2,1H3,(H,18,21)/b11-10+. The zero-order valence-corrected chi connectivity index (χ0v) is 12.5. The van der Waals surface area contributed by atoms with Gasteiger partial charge in [0, 0.05) is 19.0 Å². The lowest BCUT2D eigenvalue weighted by Gasteiger charge is -2.02. The maximum atomic E-state index is 11.6. The molecule has 0 saturated carbocycles. The first-order chi connectivity index (χ1) is 10.1. The summed E-state index contributed by atoms with van der Waals surface area (Å²) in [5.74, 6) is -0.234. The average Bonchev–Trinajstić information content (AvgIpc) is 2.49. The molecule has 0 unspecified atom stereocenters. The van der Waals surface area contributed by atoms with E-state index in [9.17, 15) is 9.59 Å². The summed E-state index contributed by atoms with van der Waals surface area (Å²) in [4.78, 5) is 22.5. The van der Waals surface area contributed by atoms with Gasteiger partial charge < -0.3 is 10.4 Å². The average molecular weight is 289 g/mol. The number of aliphatic hydroxyl groups excluding tert-OH is 1. The van der Waals surface area contributed by atoms with E-state index in [1.54, 1.807) is 6.08 Å². The third-order valence-corrected chi connectivity index (χ3v) is 3.11. The van der Waals surface area contributed by atoms with Crippen LogP contribution in [0.3, 0.4) is 0 Å². The summed E-state index contributed by atoms with van der Waals surface area (Å²) < 4.78 is 0. The van der Waals surface area contributed by atoms with E-state index >= 15 is 0 Å². The number of amides is 1. The fraction of sp³-hybridized carbons (Fsp3) is 0.412. The number of benzene rings is 1. The van der Waals surface area contributed by atoms with Gasteiger partial charge in [-0.3, -0.25) is 9.59 Å². The van der Waals surface area contributed by atoms with Crippen LogP contribution in [0.15, 0.2) is 30.3 Å². The SMILES string of the molecule is Cc1ccc(/C=C/C(=O)NCCCCCC(=O)CO)cc1. The number of carbonyl (C=O) groups is 2. The van der Waals surface area contributed by atoms with E-state index in [4.69, 9.17) is 5.11 Å². The van der Waals surface area contributed by atoms with Crippen molar-refractivity contribution in [3.05, 3.63) is 41.5 Å². The molecule has 4 nitrogen and oxygen atoms in total. The summed E-state index contributed by atoms with van der Waals surface area (Å²) in [6.45, 7) is 2.25. The van der Waals surface area contributed by atoms with Crippen LogP contribution in [0.5, 0.6) is 0 Å². The monoisotopic (exact) mass is 289 g/mol. The predicted molar refractivity (Wildman–Crippen MR) is 83.8 cm³/mol. The van der Waals surface area contributed by atoms with Crippen LogP contribution in [0.1, 0.15) is 36.8 Å². The number of unbranched alkanes of at least 4 members (excludes halogenated alkanes) is 2. The van der Waals surface area contributed by atoms with Gasteiger partial charge in [-0.1, -0.05) is 36.2 Å². The first-order valence-corrected chi connectivity index (χ1v) is 7.27. The topological polar surface area (TPSA) is 66.4 Å². The number of carbonyl (C=O) groups excluding carboxylic acids is 2. The number of rotatable bonds is 9. The zero-order valence-electron chi connectivity index (χ0n) is 12.5. The molecule has 1 amide bonds. The fourth-order valence-electron chi connectivity index (χ4n) is 1.82. The van der Waals surface area contributed by atoms with Gasteiger partial charge in [-0.05, 0) is 31.4 Å². The summed E-state index contributed by atoms with van der Waals surface area (Å²) in [6.07, 6.45) is 6.19. The second-order valence-corrected chi connectivity index (χ2v) is 5.04. The molecule has 1 rings (SSSR count). The van der Waals surface area contributed by atoms with Crippen molar-refractivity contribution in [3.63, 3.8) is 0 Å². The van der Waals surface area contributed by atoms with Crippen molar-refractivity contribution >= 4 is 17.8 Å². The molecule has 0 radical (unpaired) electrons. The molecule has 1 aromatic rings. The predicted octanol–water partition coefficient (Wildman–Crippen LogP) is 2.25. The van der Waals surface area contributed by atoms with Gasteiger partial charge in [-0.15, -0.1) is 0 Å². The molecule has 1 aromatic carbocycles. The highest BCUT2D eigenvalue weighted by atomic mass is 16.3. The van der Waals surface area contributed by atoms with E-state index in [2.05, 4.69) is 5.32 Å². The van der Waals surface area contributed by atoms with E-state index in [1.165, 1.54) is 11.6 Å². The van der Waals surface area contributed by atoms with Gasteiger partial charge >= 0.3 is 0 Å². The van der Waals surface area contributed by atoms with Crippen molar-refractivity contribution in [2.45, 2.75) is 32.6 Å². The van der Waals surface area contributed by atoms with E-state index in [-0.39, 0.29) is 18.3 Å². The lowest BCUT2D eigenvalue weighted by atomic mass is 10.1. The number of Topliss-reactive ketones (excluding diaryl/α,β-unsaturated/α-hetero) is 1. The Balaban J connectivity index is 2.14. The molecule has 0 aliphatic carbocycles. The van der Waals surface area contributed by atoms with Crippen LogP contribution >= 0.6 is 0 Å². The molecule has 2 N–H and O–H groups in total. The Bertz CT molecular complexity index is 477. The van der Waals surface area contributed by atoms with E-state index in [0.717, 1.165) is 24.8 Å². The third-order valence-electron chi connectivity index (χ3n) is 3.11. The van der Waals surface area contributed by atoms with Crippen LogP contribution in [0, 0.1) is 6.92 Å². The lowest BCUT2D eigenvalue weighted by molar-refractivity contribution is -0.122. The van der Waals surface area contributed by atoms with Gasteiger partial charge in [-0.25, -0.2) is 0 Å². The van der Waals surface area contributed by atoms with Crippen molar-refractivity contribution in [2.24, 2.45) is 0 Å². The molecule has 0 bridgehead atoms. The lowest BCUT2D eigenvalue weighted by Crippen LogP contribution is -2.22. The molecular formula is C17H23NO3. The molecule has 114 valence electrons. The minimum absolute atomic E-state index is 0.109. The van der Waals surface area contributed by atoms with Crippen molar-refractivity contribution < 1.29 is 14.7 Å². The largest absolute Gasteiger partial charge is 0.389 e. The van der Waals surface area contributed by atoms with Gasteiger partial charge in [0.2, 0.25) is 5.91 Å². The van der Waals surface area contributed by atoms with Crippen molar-refractivity contribution in [3.8, 4) is 0 Å². The molecule has 0 aromatic heterocycles. The summed E-state index contributed by atoms with van der Waals surface area (Å²) >= 11 is 0. The molecule has 0 spiro atoms. The normalized spacial score (nSPS) is 10.8. The zero-order chi connectivity index (χ0) is 15.5. The number of ketones is 1. The van der Waals surface area contributed by atoms with Crippen LogP contribution in [-0.4, -0.2) is 29.9 Å². The third kappa shape index (κ3) is 8.05. The highest BCUT2D eigenvalue weighted by Crippen LogP contribution is 2.04. The molecule has 0 fully saturated rings. The molecule has 0 atom stereocenters. The van der Waals surface area contributed by atoms with Crippen LogP contribution in [0.2, 0.25) is 0 Å². The number of nitrogens with one attached hydrogen (secondary N) is 1. The van der Waals surface area contributed by atoms with Crippen LogP contribution in [0.4, 0.5) is 0 Å². The maximum absolute atomic E-state index is 11.6. The second-order valence-electron chi connectivity index (χ2n) is 5.04. The molecule has 0 aliphatic rings. The van der Waals surface area contributed by atoms with E-state index in [0.29, 0.717) is 13.0 Å². The Labute approximate surface area is 125 Å². The van der Waals surface area contributed by atoms with Crippen molar-refractivity contribution in [1.29, 1.82) is 0 Å². The summed E-state index contributed by atoms with van der Waals surface area (Å²) in [5, 5.41) is 11.4. The highest BCUT2D eigenvalue weighted by molar-refractivity contribution is 5.91. The van der Waals surface area contributed by atoms with Gasteiger partial charge in [0.15, 0.2) is 5.78 Å². The number of aliphatic hydroxyl groups is 1. The minimum atomic E-state index is -0.374. The van der Waals surface area contributed by atoms with Gasteiger partial charge in [-0.2, -0.15) is 0 Å². The Morgan fingerprint density at radius 1 is 1.14 bits per heavy atom. The molecule has 21 heavy (non-hydrogen) atoms. The second kappa shape index (κ2) is 9.88. The van der Waals surface area contributed by atoms with Crippen molar-refractivity contribution in [2.75, 3.05) is 13.2 Å². The smallest absolute Gasteiger partial charge is 0.243 e. The van der Waals surface area contributed by atoms with Crippen molar-refractivity contribution in [1.82, 2.24) is 5.32 Å². The maximum Gasteiger partial charge on any atom is 0.243 e. The minimum Gasteiger partial charge on any atom is -0.389 e. The van der Waals surface area contributed by atoms with Crippen LogP contribution in [0.25, 0.3) is 6.08 Å². The Kier molecular flexibility index (Phi) is 8.05. The van der Waals surface area contributed by atoms with E-state index in [1.807, 2.05) is 31.2 Å². The summed E-state index contributed by atoms with van der Waals surface area (Å²) in [6, 6.07) is 7.95. The molecule has 4 heteroatoms. The Hall–Kier alpha value is -1.94. The Morgan fingerprint density at radius 3 is 2.52 bits per heavy atom. The van der Waals surface area contributed by atoms with Crippen LogP contribution in [-0.2, 0) is 9.59 Å². The molecular weight excluding hydrogens is 266 g/mol. The van der Waals surface area contributed by atoms with Crippen LogP contribution < -0.4 is 5.32 Å². The number of aryl methyl sites for hydroxylation is 1. The summed E-state index contributed by atoms with van der Waals surface area (Å²) in [7, 11) is 0. The molecule has 0 aliphatic heterocycles. The summed E-state index contributed by atoms with van der Waals surface area (Å²) in [5.41, 5.74) is 2.19. The first kappa shape index (κ1) is 17.1. The number of hydrogen-bond acceptors (Lipinski definition) is 3. The van der Waals surface area contributed by atoms with Gasteiger partial charge in [0.25, 0.3) is 0 Å². The van der Waals surface area contributed by atoms with Gasteiger partial charge in [0.05, 0.1) is 0 Å². The molecule has 0 saturated heterocycles. The Morgan fingerprint density at radius 2 is 1.86 bits per heavy atom. The molecule has 0 heterocycles. The van der Waals surface area contributed by atoms with E-state index < -0.39 is 0 Å². The fourth-order valence-corrected chi connectivity index (χ4v) is 1.82. The quantitative estimate of drug-likeness (QED) is 0.541. The highest BCUT2D eigenvalue weighted by Gasteiger charge is 1.99. The first-order valence-electron chi connectivity index (χ1n) is 7.27. The van der Waals surface area contributed by atoms with Gasteiger partial charge in [0.1, 0.15) is 6.61 Å². The number of hydrogen-bond donors (Lipinski definition) is 2.